The summed E-state index contributed by atoms with van der Waals surface area (Å²) in [5.74, 6) is 0.680. The minimum absolute atomic E-state index is 0.680. The largest absolute Gasteiger partial charge is 0.381 e. The molecule has 4 rings (SSSR count). The Hall–Kier alpha value is -1.32. The minimum Gasteiger partial charge on any atom is -0.381 e. The lowest BCUT2D eigenvalue weighted by molar-refractivity contribution is 0.0853. The van der Waals surface area contributed by atoms with Crippen molar-refractivity contribution >= 4 is 10.9 Å². The van der Waals surface area contributed by atoms with E-state index in [1.165, 1.54) is 67.3 Å². The van der Waals surface area contributed by atoms with Gasteiger partial charge in [-0.1, -0.05) is 6.07 Å². The Kier molecular flexibility index (Phi) is 4.17. The van der Waals surface area contributed by atoms with Crippen LogP contribution in [-0.4, -0.2) is 42.7 Å². The van der Waals surface area contributed by atoms with Gasteiger partial charge in [-0.3, -0.25) is 0 Å². The fourth-order valence-corrected chi connectivity index (χ4v) is 3.97. The SMILES string of the molecule is c1cc2[nH]cc(CCN3CCCC3)c2cc1C1CCOCC1. The van der Waals surface area contributed by atoms with Crippen LogP contribution in [0.25, 0.3) is 10.9 Å². The van der Waals surface area contributed by atoms with Gasteiger partial charge in [0.15, 0.2) is 0 Å². The number of aromatic amines is 1. The molecule has 3 heteroatoms. The van der Waals surface area contributed by atoms with Gasteiger partial charge in [-0.2, -0.15) is 0 Å². The highest BCUT2D eigenvalue weighted by Gasteiger charge is 2.17. The predicted octanol–water partition coefficient (Wildman–Crippen LogP) is 3.70. The van der Waals surface area contributed by atoms with Gasteiger partial charge in [0, 0.05) is 36.9 Å². The first-order valence-corrected chi connectivity index (χ1v) is 8.80. The third-order valence-corrected chi connectivity index (χ3v) is 5.38. The fraction of sp³-hybridized carbons (Fsp3) is 0.579. The number of H-pyrrole nitrogens is 1. The van der Waals surface area contributed by atoms with Crippen molar-refractivity contribution < 1.29 is 4.74 Å². The quantitative estimate of drug-likeness (QED) is 0.932. The van der Waals surface area contributed by atoms with Crippen LogP contribution >= 0.6 is 0 Å². The molecule has 3 nitrogen and oxygen atoms in total. The summed E-state index contributed by atoms with van der Waals surface area (Å²) >= 11 is 0. The van der Waals surface area contributed by atoms with Crippen LogP contribution in [-0.2, 0) is 11.2 Å². The number of ether oxygens (including phenoxy) is 1. The molecule has 2 aromatic rings. The summed E-state index contributed by atoms with van der Waals surface area (Å²) in [6, 6.07) is 7.00. The number of nitrogens with one attached hydrogen (secondary N) is 1. The second kappa shape index (κ2) is 6.43. The molecule has 1 aromatic carbocycles. The Balaban J connectivity index is 1.53. The summed E-state index contributed by atoms with van der Waals surface area (Å²) in [5, 5.41) is 1.43. The van der Waals surface area contributed by atoms with Crippen LogP contribution in [0.4, 0.5) is 0 Å². The average Bonchev–Trinajstić information content (AvgIpc) is 3.23. The maximum absolute atomic E-state index is 5.50. The van der Waals surface area contributed by atoms with E-state index in [2.05, 4.69) is 34.3 Å². The first kappa shape index (κ1) is 14.3. The zero-order chi connectivity index (χ0) is 14.8. The third-order valence-electron chi connectivity index (χ3n) is 5.38. The topological polar surface area (TPSA) is 28.3 Å². The van der Waals surface area contributed by atoms with Gasteiger partial charge in [0.2, 0.25) is 0 Å². The number of fused-ring (bicyclic) bond motifs is 1. The predicted molar refractivity (Wildman–Crippen MR) is 90.5 cm³/mol. The van der Waals surface area contributed by atoms with Crippen LogP contribution in [0.1, 0.15) is 42.7 Å². The molecule has 0 amide bonds. The fourth-order valence-electron chi connectivity index (χ4n) is 3.97. The maximum Gasteiger partial charge on any atom is 0.0471 e. The van der Waals surface area contributed by atoms with E-state index in [1.54, 1.807) is 0 Å². The number of nitrogens with zero attached hydrogens (tertiary/aromatic N) is 1. The smallest absolute Gasteiger partial charge is 0.0471 e. The van der Waals surface area contributed by atoms with Gasteiger partial charge in [0.05, 0.1) is 0 Å². The van der Waals surface area contributed by atoms with Gasteiger partial charge < -0.3 is 14.6 Å². The highest BCUT2D eigenvalue weighted by Crippen LogP contribution is 2.30. The lowest BCUT2D eigenvalue weighted by Crippen LogP contribution is -2.21. The molecule has 0 aliphatic carbocycles. The first-order valence-electron chi connectivity index (χ1n) is 8.80. The zero-order valence-electron chi connectivity index (χ0n) is 13.3. The highest BCUT2D eigenvalue weighted by molar-refractivity contribution is 5.84. The molecular formula is C19H26N2O. The van der Waals surface area contributed by atoms with Crippen molar-refractivity contribution in [3.8, 4) is 0 Å². The molecule has 0 unspecified atom stereocenters. The van der Waals surface area contributed by atoms with Crippen LogP contribution in [0, 0.1) is 0 Å². The van der Waals surface area contributed by atoms with Gasteiger partial charge in [0.25, 0.3) is 0 Å². The standard InChI is InChI=1S/C19H26N2O/c1-2-9-21(8-1)10-5-17-14-20-19-4-3-16(13-18(17)19)15-6-11-22-12-7-15/h3-4,13-15,20H,1-2,5-12H2. The number of hydrogen-bond donors (Lipinski definition) is 1. The van der Waals surface area contributed by atoms with Crippen molar-refractivity contribution in [2.45, 2.75) is 38.0 Å². The van der Waals surface area contributed by atoms with Crippen molar-refractivity contribution in [2.24, 2.45) is 0 Å². The molecule has 1 aromatic heterocycles. The van der Waals surface area contributed by atoms with E-state index in [4.69, 9.17) is 4.74 Å². The first-order chi connectivity index (χ1) is 10.9. The van der Waals surface area contributed by atoms with E-state index in [1.807, 2.05) is 0 Å². The van der Waals surface area contributed by atoms with Gasteiger partial charge in [-0.05, 0) is 74.4 Å². The van der Waals surface area contributed by atoms with Gasteiger partial charge in [0.1, 0.15) is 0 Å². The molecule has 0 radical (unpaired) electrons. The summed E-state index contributed by atoms with van der Waals surface area (Å²) in [6.07, 6.45) is 8.47. The number of rotatable bonds is 4. The van der Waals surface area contributed by atoms with Gasteiger partial charge >= 0.3 is 0 Å². The van der Waals surface area contributed by atoms with Gasteiger partial charge in [-0.25, -0.2) is 0 Å². The lowest BCUT2D eigenvalue weighted by Gasteiger charge is -2.22. The maximum atomic E-state index is 5.50. The molecule has 0 atom stereocenters. The van der Waals surface area contributed by atoms with Gasteiger partial charge in [-0.15, -0.1) is 0 Å². The van der Waals surface area contributed by atoms with E-state index < -0.39 is 0 Å². The lowest BCUT2D eigenvalue weighted by atomic mass is 9.90. The molecule has 0 saturated carbocycles. The van der Waals surface area contributed by atoms with E-state index in [-0.39, 0.29) is 0 Å². The second-order valence-electron chi connectivity index (χ2n) is 6.80. The minimum atomic E-state index is 0.680. The highest BCUT2D eigenvalue weighted by atomic mass is 16.5. The molecule has 3 heterocycles. The Morgan fingerprint density at radius 3 is 2.77 bits per heavy atom. The van der Waals surface area contributed by atoms with Crippen LogP contribution in [0.2, 0.25) is 0 Å². The van der Waals surface area contributed by atoms with Crippen molar-refractivity contribution in [1.82, 2.24) is 9.88 Å². The Morgan fingerprint density at radius 1 is 1.14 bits per heavy atom. The summed E-state index contributed by atoms with van der Waals surface area (Å²) < 4.78 is 5.50. The van der Waals surface area contributed by atoms with Crippen molar-refractivity contribution in [3.05, 3.63) is 35.5 Å². The van der Waals surface area contributed by atoms with Crippen LogP contribution in [0.3, 0.4) is 0 Å². The van der Waals surface area contributed by atoms with E-state index in [9.17, 15) is 0 Å². The monoisotopic (exact) mass is 298 g/mol. The summed E-state index contributed by atoms with van der Waals surface area (Å²) in [5.41, 5.74) is 4.26. The summed E-state index contributed by atoms with van der Waals surface area (Å²) in [6.45, 7) is 5.61. The Bertz CT molecular complexity index is 621. The molecule has 1 N–H and O–H groups in total. The van der Waals surface area contributed by atoms with E-state index >= 15 is 0 Å². The van der Waals surface area contributed by atoms with E-state index in [0.29, 0.717) is 5.92 Å². The Labute approximate surface area is 132 Å². The van der Waals surface area contributed by atoms with Crippen LogP contribution in [0.5, 0.6) is 0 Å². The number of hydrogen-bond acceptors (Lipinski definition) is 2. The molecule has 2 saturated heterocycles. The molecule has 0 spiro atoms. The van der Waals surface area contributed by atoms with Crippen molar-refractivity contribution in [2.75, 3.05) is 32.8 Å². The molecule has 2 aliphatic rings. The third kappa shape index (κ3) is 2.92. The van der Waals surface area contributed by atoms with E-state index in [0.717, 1.165) is 19.6 Å². The number of likely N-dealkylation sites (tertiary alicyclic amines) is 1. The molecule has 118 valence electrons. The summed E-state index contributed by atoms with van der Waals surface area (Å²) in [7, 11) is 0. The molecule has 2 aliphatic heterocycles. The van der Waals surface area contributed by atoms with Crippen LogP contribution in [0.15, 0.2) is 24.4 Å². The number of aromatic nitrogens is 1. The molecule has 22 heavy (non-hydrogen) atoms. The molecule has 0 bridgehead atoms. The number of benzene rings is 1. The Morgan fingerprint density at radius 2 is 1.95 bits per heavy atom. The normalized spacial score (nSPS) is 20.9. The second-order valence-corrected chi connectivity index (χ2v) is 6.80. The summed E-state index contributed by atoms with van der Waals surface area (Å²) in [4.78, 5) is 6.05. The zero-order valence-corrected chi connectivity index (χ0v) is 13.3. The molecular weight excluding hydrogens is 272 g/mol. The van der Waals surface area contributed by atoms with Crippen molar-refractivity contribution in [1.29, 1.82) is 0 Å². The molecule has 2 fully saturated rings. The van der Waals surface area contributed by atoms with Crippen molar-refractivity contribution in [3.63, 3.8) is 0 Å². The van der Waals surface area contributed by atoms with Crippen LogP contribution < -0.4 is 0 Å². The average molecular weight is 298 g/mol.